The van der Waals surface area contributed by atoms with E-state index in [1.54, 1.807) is 0 Å². The molecule has 0 saturated heterocycles. The number of halogens is 1. The minimum absolute atomic E-state index is 0.240. The van der Waals surface area contributed by atoms with E-state index in [0.717, 1.165) is 15.6 Å². The van der Waals surface area contributed by atoms with E-state index in [4.69, 9.17) is 5.26 Å². The summed E-state index contributed by atoms with van der Waals surface area (Å²) in [5.41, 5.74) is 2.99. The monoisotopic (exact) mass is 314 g/mol. The number of nitriles is 1. The lowest BCUT2D eigenvalue weighted by molar-refractivity contribution is 0.574. The average Bonchev–Trinajstić information content (AvgIpc) is 2.45. The topological polar surface area (TPSA) is 35.8 Å². The number of hydrogen-bond acceptors (Lipinski definition) is 2. The molecule has 0 radical (unpaired) electrons. The Morgan fingerprint density at radius 1 is 1.21 bits per heavy atom. The molecule has 0 aliphatic rings. The van der Waals surface area contributed by atoms with Gasteiger partial charge in [0.25, 0.3) is 0 Å². The van der Waals surface area contributed by atoms with Gasteiger partial charge in [-0.1, -0.05) is 46.3 Å². The largest absolute Gasteiger partial charge is 0.306 e. The Kier molecular flexibility index (Phi) is 4.73. The highest BCUT2D eigenvalue weighted by molar-refractivity contribution is 9.10. The zero-order valence-corrected chi connectivity index (χ0v) is 12.3. The molecule has 3 heteroatoms. The van der Waals surface area contributed by atoms with Crippen LogP contribution in [0.15, 0.2) is 53.0 Å². The molecular formula is C16H15BrN2. The standard InChI is InChI=1S/C16H15BrN2/c1-12(13-7-4-8-16(17)9-13)19-11-15-6-3-2-5-14(15)10-18/h2-9,12,19H,11H2,1H3. The summed E-state index contributed by atoms with van der Waals surface area (Å²) >= 11 is 3.48. The summed E-state index contributed by atoms with van der Waals surface area (Å²) in [5.74, 6) is 0. The molecule has 2 aromatic carbocycles. The predicted octanol–water partition coefficient (Wildman–Crippen LogP) is 4.17. The van der Waals surface area contributed by atoms with Gasteiger partial charge >= 0.3 is 0 Å². The zero-order valence-electron chi connectivity index (χ0n) is 10.7. The first-order chi connectivity index (χ1) is 9.20. The number of rotatable bonds is 4. The number of benzene rings is 2. The van der Waals surface area contributed by atoms with E-state index < -0.39 is 0 Å². The highest BCUT2D eigenvalue weighted by Gasteiger charge is 2.06. The minimum atomic E-state index is 0.240. The lowest BCUT2D eigenvalue weighted by Gasteiger charge is -2.15. The van der Waals surface area contributed by atoms with Gasteiger partial charge in [0, 0.05) is 17.1 Å². The van der Waals surface area contributed by atoms with Crippen LogP contribution in [0.25, 0.3) is 0 Å². The fourth-order valence-electron chi connectivity index (χ4n) is 1.94. The van der Waals surface area contributed by atoms with E-state index in [1.165, 1.54) is 5.56 Å². The minimum Gasteiger partial charge on any atom is -0.306 e. The molecule has 0 heterocycles. The predicted molar refractivity (Wildman–Crippen MR) is 80.6 cm³/mol. The van der Waals surface area contributed by atoms with Crippen molar-refractivity contribution in [2.45, 2.75) is 19.5 Å². The van der Waals surface area contributed by atoms with Crippen LogP contribution in [0.5, 0.6) is 0 Å². The maximum atomic E-state index is 9.05. The van der Waals surface area contributed by atoms with Crippen LogP contribution in [0.2, 0.25) is 0 Å². The summed E-state index contributed by atoms with van der Waals surface area (Å²) in [6, 6.07) is 18.4. The van der Waals surface area contributed by atoms with Crippen molar-refractivity contribution >= 4 is 15.9 Å². The summed E-state index contributed by atoms with van der Waals surface area (Å²) in [6.07, 6.45) is 0. The molecule has 2 rings (SSSR count). The maximum absolute atomic E-state index is 9.05. The van der Waals surface area contributed by atoms with Gasteiger partial charge in [0.2, 0.25) is 0 Å². The first-order valence-electron chi connectivity index (χ1n) is 6.17. The lowest BCUT2D eigenvalue weighted by atomic mass is 10.1. The van der Waals surface area contributed by atoms with Crippen molar-refractivity contribution in [2.75, 3.05) is 0 Å². The van der Waals surface area contributed by atoms with Gasteiger partial charge in [-0.2, -0.15) is 5.26 Å². The molecule has 1 unspecified atom stereocenters. The summed E-state index contributed by atoms with van der Waals surface area (Å²) in [6.45, 7) is 2.81. The molecule has 2 aromatic rings. The Morgan fingerprint density at radius 2 is 2.00 bits per heavy atom. The van der Waals surface area contributed by atoms with Crippen LogP contribution in [0.3, 0.4) is 0 Å². The SMILES string of the molecule is CC(NCc1ccccc1C#N)c1cccc(Br)c1. The zero-order chi connectivity index (χ0) is 13.7. The highest BCUT2D eigenvalue weighted by atomic mass is 79.9. The van der Waals surface area contributed by atoms with Crippen LogP contribution in [0.1, 0.15) is 29.7 Å². The molecule has 0 amide bonds. The third-order valence-electron chi connectivity index (χ3n) is 3.09. The lowest BCUT2D eigenvalue weighted by Crippen LogP contribution is -2.18. The van der Waals surface area contributed by atoms with Crippen LogP contribution in [0.4, 0.5) is 0 Å². The van der Waals surface area contributed by atoms with Crippen molar-refractivity contribution in [1.82, 2.24) is 5.32 Å². The van der Waals surface area contributed by atoms with Crippen molar-refractivity contribution in [3.05, 3.63) is 69.7 Å². The second-order valence-electron chi connectivity index (χ2n) is 4.43. The van der Waals surface area contributed by atoms with Crippen molar-refractivity contribution in [3.63, 3.8) is 0 Å². The Labute approximate surface area is 122 Å². The van der Waals surface area contributed by atoms with Gasteiger partial charge in [0.05, 0.1) is 11.6 Å². The molecular weight excluding hydrogens is 300 g/mol. The van der Waals surface area contributed by atoms with Gasteiger partial charge < -0.3 is 5.32 Å². The second kappa shape index (κ2) is 6.51. The van der Waals surface area contributed by atoms with Crippen LogP contribution in [-0.4, -0.2) is 0 Å². The van der Waals surface area contributed by atoms with E-state index in [2.05, 4.69) is 46.4 Å². The van der Waals surface area contributed by atoms with Crippen molar-refractivity contribution in [2.24, 2.45) is 0 Å². The van der Waals surface area contributed by atoms with E-state index in [0.29, 0.717) is 6.54 Å². The first-order valence-corrected chi connectivity index (χ1v) is 6.97. The fraction of sp³-hybridized carbons (Fsp3) is 0.188. The second-order valence-corrected chi connectivity index (χ2v) is 5.34. The molecule has 0 bridgehead atoms. The van der Waals surface area contributed by atoms with Gasteiger partial charge in [0.1, 0.15) is 0 Å². The third kappa shape index (κ3) is 3.66. The molecule has 19 heavy (non-hydrogen) atoms. The average molecular weight is 315 g/mol. The smallest absolute Gasteiger partial charge is 0.0995 e. The number of nitrogens with one attached hydrogen (secondary N) is 1. The molecule has 2 nitrogen and oxygen atoms in total. The third-order valence-corrected chi connectivity index (χ3v) is 3.58. The van der Waals surface area contributed by atoms with Crippen LogP contribution >= 0.6 is 15.9 Å². The Morgan fingerprint density at radius 3 is 2.74 bits per heavy atom. The summed E-state index contributed by atoms with van der Waals surface area (Å²) < 4.78 is 1.08. The molecule has 0 aliphatic carbocycles. The summed E-state index contributed by atoms with van der Waals surface area (Å²) in [4.78, 5) is 0. The molecule has 0 spiro atoms. The number of hydrogen-bond donors (Lipinski definition) is 1. The maximum Gasteiger partial charge on any atom is 0.0995 e. The van der Waals surface area contributed by atoms with Gasteiger partial charge in [-0.3, -0.25) is 0 Å². The van der Waals surface area contributed by atoms with Crippen molar-refractivity contribution in [1.29, 1.82) is 5.26 Å². The van der Waals surface area contributed by atoms with Crippen molar-refractivity contribution < 1.29 is 0 Å². The van der Waals surface area contributed by atoms with Gasteiger partial charge in [-0.15, -0.1) is 0 Å². The van der Waals surface area contributed by atoms with Crippen LogP contribution < -0.4 is 5.32 Å². The molecule has 0 aromatic heterocycles. The van der Waals surface area contributed by atoms with Gasteiger partial charge in [-0.25, -0.2) is 0 Å². The van der Waals surface area contributed by atoms with E-state index in [-0.39, 0.29) is 6.04 Å². The Bertz CT molecular complexity index is 602. The fourth-order valence-corrected chi connectivity index (χ4v) is 2.36. The van der Waals surface area contributed by atoms with Crippen molar-refractivity contribution in [3.8, 4) is 6.07 Å². The highest BCUT2D eigenvalue weighted by Crippen LogP contribution is 2.18. The molecule has 96 valence electrons. The molecule has 0 fully saturated rings. The number of nitrogens with zero attached hydrogens (tertiary/aromatic N) is 1. The van der Waals surface area contributed by atoms with E-state index >= 15 is 0 Å². The summed E-state index contributed by atoms with van der Waals surface area (Å²) in [5, 5.41) is 12.5. The Hall–Kier alpha value is -1.63. The van der Waals surface area contributed by atoms with E-state index in [1.807, 2.05) is 36.4 Å². The van der Waals surface area contributed by atoms with Crippen LogP contribution in [0, 0.1) is 11.3 Å². The van der Waals surface area contributed by atoms with Gasteiger partial charge in [0.15, 0.2) is 0 Å². The molecule has 0 aliphatic heterocycles. The quantitative estimate of drug-likeness (QED) is 0.919. The van der Waals surface area contributed by atoms with E-state index in [9.17, 15) is 0 Å². The Balaban J connectivity index is 2.05. The molecule has 1 atom stereocenters. The van der Waals surface area contributed by atoms with Crippen LogP contribution in [-0.2, 0) is 6.54 Å². The molecule has 1 N–H and O–H groups in total. The first kappa shape index (κ1) is 13.8. The summed E-state index contributed by atoms with van der Waals surface area (Å²) in [7, 11) is 0. The van der Waals surface area contributed by atoms with Gasteiger partial charge in [-0.05, 0) is 36.2 Å². The normalized spacial score (nSPS) is 11.8. The molecule has 0 saturated carbocycles.